The first-order valence-electron chi connectivity index (χ1n) is 11.5. The zero-order valence-electron chi connectivity index (χ0n) is 19.8. The fraction of sp³-hybridized carbons (Fsp3) is 0.304. The number of carbonyl (C=O) groups is 1. The largest absolute Gasteiger partial charge is 0.416 e. The topological polar surface area (TPSA) is 133 Å². The van der Waals surface area contributed by atoms with Gasteiger partial charge in [-0.25, -0.2) is 28.5 Å². The number of amides is 1. The summed E-state index contributed by atoms with van der Waals surface area (Å²) >= 11 is 5.90. The molecule has 0 aliphatic heterocycles. The Labute approximate surface area is 221 Å². The van der Waals surface area contributed by atoms with Crippen LogP contribution >= 0.6 is 11.6 Å². The van der Waals surface area contributed by atoms with Gasteiger partial charge in [0.15, 0.2) is 23.4 Å². The highest BCUT2D eigenvalue weighted by atomic mass is 35.5. The van der Waals surface area contributed by atoms with Crippen LogP contribution in [0.15, 0.2) is 53.7 Å². The molecule has 1 fully saturated rings. The number of aliphatic hydroxyl groups is 1. The van der Waals surface area contributed by atoms with E-state index in [-0.39, 0.29) is 36.0 Å². The second kappa shape index (κ2) is 10.2. The first-order chi connectivity index (χ1) is 18.5. The third-order valence-corrected chi connectivity index (χ3v) is 6.12. The number of halogens is 5. The fourth-order valence-corrected chi connectivity index (χ4v) is 3.85. The van der Waals surface area contributed by atoms with Gasteiger partial charge >= 0.3 is 11.9 Å². The Morgan fingerprint density at radius 1 is 1.18 bits per heavy atom. The van der Waals surface area contributed by atoms with Crippen LogP contribution in [-0.4, -0.2) is 69.6 Å². The molecule has 4 aromatic rings. The van der Waals surface area contributed by atoms with E-state index in [0.717, 1.165) is 4.68 Å². The fourth-order valence-electron chi connectivity index (χ4n) is 3.72. The van der Waals surface area contributed by atoms with Crippen LogP contribution in [0.1, 0.15) is 22.7 Å². The van der Waals surface area contributed by atoms with E-state index < -0.39 is 42.6 Å². The van der Waals surface area contributed by atoms with Gasteiger partial charge in [-0.2, -0.15) is 13.2 Å². The van der Waals surface area contributed by atoms with Crippen molar-refractivity contribution in [3.8, 4) is 17.1 Å². The lowest BCUT2D eigenvalue weighted by Crippen LogP contribution is -2.37. The monoisotopic (exact) mass is 566 g/mol. The summed E-state index contributed by atoms with van der Waals surface area (Å²) in [5.74, 6) is -0.683. The van der Waals surface area contributed by atoms with Crippen LogP contribution in [0.4, 0.5) is 17.6 Å². The maximum absolute atomic E-state index is 13.2. The second-order valence-corrected chi connectivity index (χ2v) is 9.18. The first-order valence-corrected chi connectivity index (χ1v) is 11.9. The molecule has 1 aliphatic rings. The molecule has 3 aromatic heterocycles. The number of alkyl halides is 4. The van der Waals surface area contributed by atoms with E-state index in [1.54, 1.807) is 6.07 Å². The van der Waals surface area contributed by atoms with Gasteiger partial charge in [-0.3, -0.25) is 9.36 Å². The van der Waals surface area contributed by atoms with Gasteiger partial charge in [0.25, 0.3) is 5.91 Å². The number of rotatable bonds is 8. The molecule has 5 rings (SSSR count). The van der Waals surface area contributed by atoms with Crippen LogP contribution in [0.2, 0.25) is 5.02 Å². The molecular formula is C23H19ClF4N8O3. The van der Waals surface area contributed by atoms with Crippen molar-refractivity contribution in [2.45, 2.75) is 44.0 Å². The number of pyridine rings is 1. The SMILES string of the molecule is O=C(NC1CC1F)c1ncccc1-n1cnc(Cn2nc(-c3ccc(Cl)cc3)n(C[C@H](O)C(F)(F)F)c2=O)n1. The van der Waals surface area contributed by atoms with Crippen molar-refractivity contribution in [3.05, 3.63) is 75.9 Å². The summed E-state index contributed by atoms with van der Waals surface area (Å²) < 4.78 is 55.2. The van der Waals surface area contributed by atoms with Crippen molar-refractivity contribution in [1.29, 1.82) is 0 Å². The number of aliphatic hydroxyl groups excluding tert-OH is 1. The highest BCUT2D eigenvalue weighted by molar-refractivity contribution is 6.30. The van der Waals surface area contributed by atoms with Crippen molar-refractivity contribution < 1.29 is 27.5 Å². The third-order valence-electron chi connectivity index (χ3n) is 5.87. The maximum Gasteiger partial charge on any atom is 0.416 e. The quantitative estimate of drug-likeness (QED) is 0.312. The van der Waals surface area contributed by atoms with Crippen LogP contribution in [0.5, 0.6) is 0 Å². The van der Waals surface area contributed by atoms with Gasteiger partial charge in [0, 0.05) is 23.2 Å². The molecule has 2 N–H and O–H groups in total. The van der Waals surface area contributed by atoms with E-state index in [1.807, 2.05) is 0 Å². The lowest BCUT2D eigenvalue weighted by atomic mass is 10.2. The van der Waals surface area contributed by atoms with Gasteiger partial charge in [-0.1, -0.05) is 11.6 Å². The van der Waals surface area contributed by atoms with Gasteiger partial charge in [0.1, 0.15) is 19.0 Å². The number of nitrogens with zero attached hydrogens (tertiary/aromatic N) is 7. The van der Waals surface area contributed by atoms with Gasteiger partial charge in [0.05, 0.1) is 18.3 Å². The lowest BCUT2D eigenvalue weighted by molar-refractivity contribution is -0.207. The maximum atomic E-state index is 13.2. The Kier molecular flexibility index (Phi) is 6.94. The van der Waals surface area contributed by atoms with E-state index in [2.05, 4.69) is 25.5 Å². The Morgan fingerprint density at radius 2 is 1.90 bits per heavy atom. The highest BCUT2D eigenvalue weighted by Gasteiger charge is 2.40. The number of carbonyl (C=O) groups excluding carboxylic acids is 1. The molecule has 1 aliphatic carbocycles. The molecule has 3 atom stereocenters. The molecule has 11 nitrogen and oxygen atoms in total. The zero-order valence-corrected chi connectivity index (χ0v) is 20.5. The van der Waals surface area contributed by atoms with Gasteiger partial charge in [0.2, 0.25) is 0 Å². The van der Waals surface area contributed by atoms with Crippen molar-refractivity contribution in [2.75, 3.05) is 0 Å². The van der Waals surface area contributed by atoms with Crippen molar-refractivity contribution >= 4 is 17.5 Å². The number of aromatic nitrogens is 7. The molecule has 204 valence electrons. The molecule has 1 aromatic carbocycles. The van der Waals surface area contributed by atoms with E-state index in [1.165, 1.54) is 47.5 Å². The molecule has 16 heteroatoms. The van der Waals surface area contributed by atoms with Crippen LogP contribution in [-0.2, 0) is 13.1 Å². The van der Waals surface area contributed by atoms with Crippen LogP contribution in [0.25, 0.3) is 17.1 Å². The molecule has 2 unspecified atom stereocenters. The average Bonchev–Trinajstić information content (AvgIpc) is 3.26. The summed E-state index contributed by atoms with van der Waals surface area (Å²) in [6.07, 6.45) is -6.01. The standard InChI is InChI=1S/C23H19ClF4N8O3/c24-13-5-3-12(4-6-13)20-33-35(22(39)34(20)9-17(37)23(26,27)28)10-18-30-11-36(32-18)16-2-1-7-29-19(16)21(38)31-15-8-14(15)25/h1-7,11,14-15,17,37H,8-10H2,(H,31,38)/t14?,15?,17-/m0/s1. The van der Waals surface area contributed by atoms with E-state index in [4.69, 9.17) is 11.6 Å². The summed E-state index contributed by atoms with van der Waals surface area (Å²) in [5.41, 5.74) is -0.440. The lowest BCUT2D eigenvalue weighted by Gasteiger charge is -2.15. The van der Waals surface area contributed by atoms with E-state index >= 15 is 0 Å². The van der Waals surface area contributed by atoms with Crippen LogP contribution in [0.3, 0.4) is 0 Å². The number of hydrogen-bond acceptors (Lipinski definition) is 7. The van der Waals surface area contributed by atoms with Crippen molar-refractivity contribution in [1.82, 2.24) is 39.4 Å². The summed E-state index contributed by atoms with van der Waals surface area (Å²) in [5, 5.41) is 20.9. The number of benzene rings is 1. The molecule has 0 radical (unpaired) electrons. The molecule has 0 saturated heterocycles. The molecule has 0 spiro atoms. The van der Waals surface area contributed by atoms with Gasteiger partial charge in [-0.05, 0) is 36.4 Å². The Bertz CT molecular complexity index is 1570. The molecule has 3 heterocycles. The van der Waals surface area contributed by atoms with Crippen LogP contribution in [0, 0.1) is 0 Å². The smallest absolute Gasteiger partial charge is 0.382 e. The molecule has 1 saturated carbocycles. The number of nitrogens with one attached hydrogen (secondary N) is 1. The van der Waals surface area contributed by atoms with Gasteiger partial charge in [-0.15, -0.1) is 10.2 Å². The average molecular weight is 567 g/mol. The van der Waals surface area contributed by atoms with E-state index in [9.17, 15) is 32.3 Å². The van der Waals surface area contributed by atoms with Crippen molar-refractivity contribution in [3.63, 3.8) is 0 Å². The zero-order chi connectivity index (χ0) is 27.9. The summed E-state index contributed by atoms with van der Waals surface area (Å²) in [7, 11) is 0. The third kappa shape index (κ3) is 5.68. The predicted molar refractivity (Wildman–Crippen MR) is 128 cm³/mol. The Morgan fingerprint density at radius 3 is 2.56 bits per heavy atom. The minimum absolute atomic E-state index is 0.0272. The summed E-state index contributed by atoms with van der Waals surface area (Å²) in [6, 6.07) is 8.42. The van der Waals surface area contributed by atoms with Crippen LogP contribution < -0.4 is 11.0 Å². The molecule has 39 heavy (non-hydrogen) atoms. The van der Waals surface area contributed by atoms with Crippen molar-refractivity contribution in [2.24, 2.45) is 0 Å². The number of hydrogen-bond donors (Lipinski definition) is 2. The first kappa shape index (κ1) is 26.5. The Hall–Kier alpha value is -4.11. The highest BCUT2D eigenvalue weighted by Crippen LogP contribution is 2.26. The second-order valence-electron chi connectivity index (χ2n) is 8.75. The summed E-state index contributed by atoms with van der Waals surface area (Å²) in [4.78, 5) is 33.8. The van der Waals surface area contributed by atoms with Gasteiger partial charge < -0.3 is 10.4 Å². The minimum Gasteiger partial charge on any atom is -0.382 e. The molecule has 1 amide bonds. The van der Waals surface area contributed by atoms with E-state index in [0.29, 0.717) is 15.2 Å². The molecule has 0 bridgehead atoms. The summed E-state index contributed by atoms with van der Waals surface area (Å²) in [6.45, 7) is -1.42. The normalized spacial score (nSPS) is 17.7. The minimum atomic E-state index is -4.96. The predicted octanol–water partition coefficient (Wildman–Crippen LogP) is 2.15. The Balaban J connectivity index is 1.44. The molecular weight excluding hydrogens is 548 g/mol.